The Morgan fingerprint density at radius 1 is 1.27 bits per heavy atom. The van der Waals surface area contributed by atoms with Crippen LogP contribution in [0, 0.1) is 6.92 Å². The second kappa shape index (κ2) is 11.9. The Morgan fingerprint density at radius 3 is 2.79 bits per heavy atom. The average Bonchev–Trinajstić information content (AvgIpc) is 3.25. The number of ether oxygens (including phenoxy) is 3. The van der Waals surface area contributed by atoms with E-state index in [0.717, 1.165) is 29.9 Å². The number of hydrogen-bond donors (Lipinski definition) is 0. The monoisotopic (exact) mass is 511 g/mol. The second-order valence-corrected chi connectivity index (χ2v) is 8.91. The van der Waals surface area contributed by atoms with Crippen LogP contribution in [0.25, 0.3) is 10.2 Å². The van der Waals surface area contributed by atoms with Crippen LogP contribution in [0.1, 0.15) is 5.56 Å². The quantitative estimate of drug-likeness (QED) is 0.445. The van der Waals surface area contributed by atoms with Gasteiger partial charge in [0.2, 0.25) is 0 Å². The highest BCUT2D eigenvalue weighted by Gasteiger charge is 2.24. The zero-order chi connectivity index (χ0) is 22.5. The van der Waals surface area contributed by atoms with Gasteiger partial charge in [-0.25, -0.2) is 4.98 Å². The van der Waals surface area contributed by atoms with Gasteiger partial charge in [-0.2, -0.15) is 0 Å². The van der Waals surface area contributed by atoms with Gasteiger partial charge in [0.05, 0.1) is 30.0 Å². The van der Waals surface area contributed by atoms with Crippen molar-refractivity contribution in [3.63, 3.8) is 0 Å². The molecule has 0 radical (unpaired) electrons. The fraction of sp³-hybridized carbons (Fsp3) is 0.391. The second-order valence-electron chi connectivity index (χ2n) is 7.53. The van der Waals surface area contributed by atoms with Gasteiger partial charge in [-0.3, -0.25) is 14.6 Å². The smallest absolute Gasteiger partial charge is 0.266 e. The Labute approximate surface area is 208 Å². The first-order valence-electron chi connectivity index (χ1n) is 10.5. The van der Waals surface area contributed by atoms with Gasteiger partial charge < -0.3 is 14.2 Å². The van der Waals surface area contributed by atoms with Crippen molar-refractivity contribution in [1.29, 1.82) is 0 Å². The standard InChI is InChI=1S/C23H26ClN3O4S.ClH/c1-16-4-3-5-17(14-16)31-15-20(28)27(9-8-26-10-12-30-13-11-26)23-25-21-19(29-2)7-6-18(24)22(21)32-23;/h3-7,14H,8-13,15H2,1-2H3;1H. The molecule has 0 bridgehead atoms. The van der Waals surface area contributed by atoms with Crippen molar-refractivity contribution < 1.29 is 19.0 Å². The van der Waals surface area contributed by atoms with E-state index in [-0.39, 0.29) is 24.9 Å². The molecular formula is C23H27Cl2N3O4S. The van der Waals surface area contributed by atoms with Gasteiger partial charge >= 0.3 is 0 Å². The third-order valence-corrected chi connectivity index (χ3v) is 6.83. The van der Waals surface area contributed by atoms with Crippen molar-refractivity contribution in [2.45, 2.75) is 6.92 Å². The zero-order valence-corrected chi connectivity index (χ0v) is 21.0. The summed E-state index contributed by atoms with van der Waals surface area (Å²) >= 11 is 7.79. The molecule has 4 rings (SSSR count). The Kier molecular flexibility index (Phi) is 9.17. The third-order valence-electron chi connectivity index (χ3n) is 5.29. The topological polar surface area (TPSA) is 64.1 Å². The molecule has 2 aromatic carbocycles. The molecule has 1 aromatic heterocycles. The maximum atomic E-state index is 13.3. The van der Waals surface area contributed by atoms with Crippen LogP contribution in [0.5, 0.6) is 11.5 Å². The maximum absolute atomic E-state index is 13.3. The van der Waals surface area contributed by atoms with Crippen LogP contribution < -0.4 is 14.4 Å². The molecule has 0 unspecified atom stereocenters. The van der Waals surface area contributed by atoms with Crippen molar-refractivity contribution in [3.8, 4) is 11.5 Å². The summed E-state index contributed by atoms with van der Waals surface area (Å²) in [6.45, 7) is 6.24. The minimum absolute atomic E-state index is 0. The molecule has 1 fully saturated rings. The minimum Gasteiger partial charge on any atom is -0.494 e. The number of benzene rings is 2. The van der Waals surface area contributed by atoms with Gasteiger partial charge in [0, 0.05) is 26.2 Å². The molecule has 1 aliphatic heterocycles. The van der Waals surface area contributed by atoms with E-state index in [1.807, 2.05) is 31.2 Å². The van der Waals surface area contributed by atoms with Gasteiger partial charge in [0.25, 0.3) is 5.91 Å². The van der Waals surface area contributed by atoms with Crippen molar-refractivity contribution >= 4 is 56.6 Å². The molecule has 7 nitrogen and oxygen atoms in total. The normalized spacial score (nSPS) is 14.0. The number of anilines is 1. The predicted octanol–water partition coefficient (Wildman–Crippen LogP) is 4.43. The number of morpholine rings is 1. The Hall–Kier alpha value is -2.10. The molecule has 0 atom stereocenters. The summed E-state index contributed by atoms with van der Waals surface area (Å²) in [5.74, 6) is 1.14. The summed E-state index contributed by atoms with van der Waals surface area (Å²) < 4.78 is 17.5. The summed E-state index contributed by atoms with van der Waals surface area (Å²) in [5.41, 5.74) is 1.73. The number of fused-ring (bicyclic) bond motifs is 1. The summed E-state index contributed by atoms with van der Waals surface area (Å²) in [6.07, 6.45) is 0. The van der Waals surface area contributed by atoms with Crippen molar-refractivity contribution in [3.05, 3.63) is 47.0 Å². The Balaban J connectivity index is 0.00000306. The number of methoxy groups -OCH3 is 1. The number of hydrogen-bond acceptors (Lipinski definition) is 7. The lowest BCUT2D eigenvalue weighted by Crippen LogP contribution is -2.44. The molecule has 1 saturated heterocycles. The average molecular weight is 512 g/mol. The fourth-order valence-corrected chi connectivity index (χ4v) is 4.84. The van der Waals surface area contributed by atoms with E-state index < -0.39 is 0 Å². The number of aromatic nitrogens is 1. The molecule has 2 heterocycles. The molecule has 1 amide bonds. The lowest BCUT2D eigenvalue weighted by atomic mass is 10.2. The lowest BCUT2D eigenvalue weighted by molar-refractivity contribution is -0.120. The number of thiazole rings is 1. The number of aryl methyl sites for hydroxylation is 1. The van der Waals surface area contributed by atoms with Crippen LogP contribution in [0.2, 0.25) is 5.02 Å². The van der Waals surface area contributed by atoms with Crippen LogP contribution in [-0.4, -0.2) is 68.9 Å². The molecule has 1 aliphatic rings. The van der Waals surface area contributed by atoms with E-state index in [2.05, 4.69) is 4.90 Å². The predicted molar refractivity (Wildman–Crippen MR) is 135 cm³/mol. The summed E-state index contributed by atoms with van der Waals surface area (Å²) in [5, 5.41) is 1.17. The molecule has 3 aromatic rings. The van der Waals surface area contributed by atoms with Crippen molar-refractivity contribution in [2.24, 2.45) is 0 Å². The van der Waals surface area contributed by atoms with E-state index in [9.17, 15) is 4.79 Å². The first-order chi connectivity index (χ1) is 15.5. The lowest BCUT2D eigenvalue weighted by Gasteiger charge is -2.29. The number of amides is 1. The molecular weight excluding hydrogens is 485 g/mol. The van der Waals surface area contributed by atoms with Gasteiger partial charge in [0.15, 0.2) is 11.7 Å². The molecule has 0 aliphatic carbocycles. The van der Waals surface area contributed by atoms with E-state index in [4.69, 9.17) is 30.8 Å². The molecule has 0 spiro atoms. The third kappa shape index (κ3) is 6.28. The SMILES string of the molecule is COc1ccc(Cl)c2sc(N(CCN3CCOCC3)C(=O)COc3cccc(C)c3)nc12.Cl. The minimum atomic E-state index is -0.158. The molecule has 0 N–H and O–H groups in total. The number of nitrogens with zero attached hydrogens (tertiary/aromatic N) is 3. The van der Waals surface area contributed by atoms with Gasteiger partial charge in [-0.05, 0) is 36.8 Å². The Bertz CT molecular complexity index is 1090. The summed E-state index contributed by atoms with van der Waals surface area (Å²) in [7, 11) is 1.60. The molecule has 178 valence electrons. The van der Waals surface area contributed by atoms with Crippen LogP contribution in [-0.2, 0) is 9.53 Å². The molecule has 0 saturated carbocycles. The number of carbonyl (C=O) groups is 1. The van der Waals surface area contributed by atoms with Crippen molar-refractivity contribution in [1.82, 2.24) is 9.88 Å². The zero-order valence-electron chi connectivity index (χ0n) is 18.6. The first-order valence-corrected chi connectivity index (χ1v) is 11.7. The number of carbonyl (C=O) groups excluding carboxylic acids is 1. The maximum Gasteiger partial charge on any atom is 0.266 e. The van der Waals surface area contributed by atoms with Crippen LogP contribution in [0.3, 0.4) is 0 Å². The number of rotatable bonds is 8. The Morgan fingerprint density at radius 2 is 2.06 bits per heavy atom. The van der Waals surface area contributed by atoms with Gasteiger partial charge in [-0.1, -0.05) is 35.1 Å². The highest BCUT2D eigenvalue weighted by Crippen LogP contribution is 2.38. The summed E-state index contributed by atoms with van der Waals surface area (Å²) in [4.78, 5) is 21.9. The van der Waals surface area contributed by atoms with Crippen LogP contribution >= 0.6 is 35.3 Å². The van der Waals surface area contributed by atoms with Gasteiger partial charge in [0.1, 0.15) is 17.0 Å². The first kappa shape index (κ1) is 25.5. The van der Waals surface area contributed by atoms with Gasteiger partial charge in [-0.15, -0.1) is 12.4 Å². The molecule has 10 heteroatoms. The van der Waals surface area contributed by atoms with E-state index in [0.29, 0.717) is 46.9 Å². The highest BCUT2D eigenvalue weighted by atomic mass is 35.5. The van der Waals surface area contributed by atoms with Crippen LogP contribution in [0.15, 0.2) is 36.4 Å². The fourth-order valence-electron chi connectivity index (χ4n) is 3.54. The molecule has 33 heavy (non-hydrogen) atoms. The van der Waals surface area contributed by atoms with E-state index >= 15 is 0 Å². The highest BCUT2D eigenvalue weighted by molar-refractivity contribution is 7.23. The van der Waals surface area contributed by atoms with E-state index in [1.165, 1.54) is 11.3 Å². The van der Waals surface area contributed by atoms with Crippen LogP contribution in [0.4, 0.5) is 5.13 Å². The van der Waals surface area contributed by atoms with Crippen molar-refractivity contribution in [2.75, 3.05) is 58.0 Å². The number of halogens is 2. The van der Waals surface area contributed by atoms with E-state index in [1.54, 1.807) is 24.1 Å². The largest absolute Gasteiger partial charge is 0.494 e. The summed E-state index contributed by atoms with van der Waals surface area (Å²) in [6, 6.07) is 11.2.